The van der Waals surface area contributed by atoms with Crippen molar-refractivity contribution in [3.8, 4) is 0 Å². The molecule has 0 aliphatic carbocycles. The maximum atomic E-state index is 12.1. The number of carbonyl (C=O) groups is 2. The second kappa shape index (κ2) is 6.09. The van der Waals surface area contributed by atoms with Gasteiger partial charge in [0.25, 0.3) is 5.69 Å². The average Bonchev–Trinajstić information content (AvgIpc) is 2.47. The Kier molecular flexibility index (Phi) is 4.23. The fourth-order valence-electron chi connectivity index (χ4n) is 2.07. The Hall–Kier alpha value is -2.82. The SMILES string of the molecule is Cc1cc(CC(=O)c2ccc(C=O)cc2)ccc1[N+](=O)[O-]. The Morgan fingerprint density at radius 2 is 1.86 bits per heavy atom. The van der Waals surface area contributed by atoms with Gasteiger partial charge in [-0.25, -0.2) is 0 Å². The highest BCUT2D eigenvalue weighted by Crippen LogP contribution is 2.19. The molecule has 106 valence electrons. The lowest BCUT2D eigenvalue weighted by atomic mass is 10.0. The van der Waals surface area contributed by atoms with Crippen molar-refractivity contribution in [2.75, 3.05) is 0 Å². The quantitative estimate of drug-likeness (QED) is 0.365. The molecular weight excluding hydrogens is 270 g/mol. The zero-order valence-corrected chi connectivity index (χ0v) is 11.4. The third-order valence-corrected chi connectivity index (χ3v) is 3.19. The van der Waals surface area contributed by atoms with Crippen LogP contribution in [0.25, 0.3) is 0 Å². The number of aryl methyl sites for hydroxylation is 1. The fraction of sp³-hybridized carbons (Fsp3) is 0.125. The Morgan fingerprint density at radius 1 is 1.19 bits per heavy atom. The van der Waals surface area contributed by atoms with Gasteiger partial charge in [0.05, 0.1) is 4.92 Å². The number of ketones is 1. The molecule has 0 bridgehead atoms. The summed E-state index contributed by atoms with van der Waals surface area (Å²) in [6, 6.07) is 11.0. The van der Waals surface area contributed by atoms with Crippen molar-refractivity contribution in [3.05, 3.63) is 74.8 Å². The van der Waals surface area contributed by atoms with E-state index in [0.717, 1.165) is 5.56 Å². The van der Waals surface area contributed by atoms with Crippen molar-refractivity contribution in [1.29, 1.82) is 0 Å². The van der Waals surface area contributed by atoms with Crippen molar-refractivity contribution < 1.29 is 14.5 Å². The molecular formula is C16H13NO4. The molecule has 0 saturated heterocycles. The van der Waals surface area contributed by atoms with E-state index in [1.165, 1.54) is 6.07 Å². The van der Waals surface area contributed by atoms with E-state index in [2.05, 4.69) is 0 Å². The van der Waals surface area contributed by atoms with Gasteiger partial charge in [0.2, 0.25) is 0 Å². The monoisotopic (exact) mass is 283 g/mol. The average molecular weight is 283 g/mol. The van der Waals surface area contributed by atoms with Gasteiger partial charge in [-0.2, -0.15) is 0 Å². The van der Waals surface area contributed by atoms with Gasteiger partial charge >= 0.3 is 0 Å². The van der Waals surface area contributed by atoms with E-state index >= 15 is 0 Å². The molecule has 0 aliphatic heterocycles. The molecule has 21 heavy (non-hydrogen) atoms. The predicted molar refractivity (Wildman–Crippen MR) is 77.7 cm³/mol. The van der Waals surface area contributed by atoms with Gasteiger partial charge < -0.3 is 0 Å². The number of rotatable bonds is 5. The third-order valence-electron chi connectivity index (χ3n) is 3.19. The Labute approximate surface area is 121 Å². The number of aldehydes is 1. The van der Waals surface area contributed by atoms with Crippen LogP contribution in [-0.4, -0.2) is 17.0 Å². The van der Waals surface area contributed by atoms with Gasteiger partial charge in [-0.15, -0.1) is 0 Å². The van der Waals surface area contributed by atoms with Gasteiger partial charge in [0, 0.05) is 29.2 Å². The smallest absolute Gasteiger partial charge is 0.272 e. The normalized spacial score (nSPS) is 10.1. The summed E-state index contributed by atoms with van der Waals surface area (Å²) >= 11 is 0. The first kappa shape index (κ1) is 14.6. The fourth-order valence-corrected chi connectivity index (χ4v) is 2.07. The highest BCUT2D eigenvalue weighted by Gasteiger charge is 2.12. The summed E-state index contributed by atoms with van der Waals surface area (Å²) in [7, 11) is 0. The number of nitro groups is 1. The lowest BCUT2D eigenvalue weighted by Gasteiger charge is -2.04. The summed E-state index contributed by atoms with van der Waals surface area (Å²) in [6.45, 7) is 1.64. The number of nitro benzene ring substituents is 1. The summed E-state index contributed by atoms with van der Waals surface area (Å²) in [5.74, 6) is -0.0966. The minimum Gasteiger partial charge on any atom is -0.298 e. The summed E-state index contributed by atoms with van der Waals surface area (Å²) in [5, 5.41) is 10.7. The second-order valence-corrected chi connectivity index (χ2v) is 4.72. The Bertz CT molecular complexity index is 705. The van der Waals surface area contributed by atoms with Crippen LogP contribution in [0.1, 0.15) is 31.8 Å². The highest BCUT2D eigenvalue weighted by atomic mass is 16.6. The van der Waals surface area contributed by atoms with E-state index in [0.29, 0.717) is 23.0 Å². The molecule has 0 radical (unpaired) electrons. The summed E-state index contributed by atoms with van der Waals surface area (Å²) < 4.78 is 0. The number of carbonyl (C=O) groups excluding carboxylic acids is 2. The Morgan fingerprint density at radius 3 is 2.38 bits per heavy atom. The highest BCUT2D eigenvalue weighted by molar-refractivity contribution is 5.98. The molecule has 0 atom stereocenters. The lowest BCUT2D eigenvalue weighted by Crippen LogP contribution is -2.04. The van der Waals surface area contributed by atoms with E-state index in [1.54, 1.807) is 43.3 Å². The van der Waals surface area contributed by atoms with Crippen molar-refractivity contribution in [1.82, 2.24) is 0 Å². The first-order valence-electron chi connectivity index (χ1n) is 6.33. The first-order chi connectivity index (χ1) is 10.0. The number of hydrogen-bond donors (Lipinski definition) is 0. The molecule has 0 heterocycles. The molecule has 0 aromatic heterocycles. The van der Waals surface area contributed by atoms with E-state index < -0.39 is 4.92 Å². The van der Waals surface area contributed by atoms with Crippen molar-refractivity contribution in [3.63, 3.8) is 0 Å². The van der Waals surface area contributed by atoms with Gasteiger partial charge in [-0.1, -0.05) is 30.3 Å². The van der Waals surface area contributed by atoms with Crippen LogP contribution in [0.15, 0.2) is 42.5 Å². The molecule has 0 N–H and O–H groups in total. The predicted octanol–water partition coefficient (Wildman–Crippen LogP) is 3.14. The van der Waals surface area contributed by atoms with Crippen LogP contribution in [-0.2, 0) is 6.42 Å². The maximum Gasteiger partial charge on any atom is 0.272 e. The lowest BCUT2D eigenvalue weighted by molar-refractivity contribution is -0.385. The van der Waals surface area contributed by atoms with Crippen LogP contribution >= 0.6 is 0 Å². The molecule has 0 spiro atoms. The zero-order chi connectivity index (χ0) is 15.4. The van der Waals surface area contributed by atoms with Crippen LogP contribution in [0.4, 0.5) is 5.69 Å². The van der Waals surface area contributed by atoms with Crippen LogP contribution in [0.3, 0.4) is 0 Å². The topological polar surface area (TPSA) is 77.3 Å². The van der Waals surface area contributed by atoms with Gasteiger partial charge in [-0.3, -0.25) is 19.7 Å². The zero-order valence-electron chi connectivity index (χ0n) is 11.4. The maximum absolute atomic E-state index is 12.1. The molecule has 2 aromatic rings. The second-order valence-electron chi connectivity index (χ2n) is 4.72. The third kappa shape index (κ3) is 3.39. The van der Waals surface area contributed by atoms with Gasteiger partial charge in [0.1, 0.15) is 6.29 Å². The number of hydrogen-bond acceptors (Lipinski definition) is 4. The Balaban J connectivity index is 2.17. The number of benzene rings is 2. The van der Waals surface area contributed by atoms with E-state index in [9.17, 15) is 19.7 Å². The molecule has 5 heteroatoms. The van der Waals surface area contributed by atoms with Crippen molar-refractivity contribution in [2.24, 2.45) is 0 Å². The molecule has 0 amide bonds. The van der Waals surface area contributed by atoms with Crippen molar-refractivity contribution >= 4 is 17.8 Å². The molecule has 0 aliphatic rings. The van der Waals surface area contributed by atoms with Crippen molar-refractivity contribution in [2.45, 2.75) is 13.3 Å². The summed E-state index contributed by atoms with van der Waals surface area (Å²) in [4.78, 5) is 33.0. The molecule has 2 aromatic carbocycles. The minimum absolute atomic E-state index is 0.0431. The molecule has 0 unspecified atom stereocenters. The number of Topliss-reactive ketones (excluding diaryl/α,β-unsaturated/α-hetero) is 1. The van der Waals surface area contributed by atoms with Gasteiger partial charge in [-0.05, 0) is 18.6 Å². The summed E-state index contributed by atoms with van der Waals surface area (Å²) in [6.07, 6.45) is 0.882. The molecule has 5 nitrogen and oxygen atoms in total. The molecule has 2 rings (SSSR count). The van der Waals surface area contributed by atoms with E-state index in [-0.39, 0.29) is 17.9 Å². The largest absolute Gasteiger partial charge is 0.298 e. The van der Waals surface area contributed by atoms with Crippen LogP contribution < -0.4 is 0 Å². The van der Waals surface area contributed by atoms with Crippen LogP contribution in [0.2, 0.25) is 0 Å². The number of nitrogens with zero attached hydrogens (tertiary/aromatic N) is 1. The van der Waals surface area contributed by atoms with Gasteiger partial charge in [0.15, 0.2) is 5.78 Å². The molecule has 0 saturated carbocycles. The van der Waals surface area contributed by atoms with Crippen LogP contribution in [0.5, 0.6) is 0 Å². The molecule has 0 fully saturated rings. The minimum atomic E-state index is -0.445. The summed E-state index contributed by atoms with van der Waals surface area (Å²) in [5.41, 5.74) is 2.32. The van der Waals surface area contributed by atoms with E-state index in [4.69, 9.17) is 0 Å². The standard InChI is InChI=1S/C16H13NO4/c1-11-8-13(4-7-15(11)17(20)21)9-16(19)14-5-2-12(10-18)3-6-14/h2-8,10H,9H2,1H3. The van der Waals surface area contributed by atoms with Crippen LogP contribution in [0, 0.1) is 17.0 Å². The first-order valence-corrected chi connectivity index (χ1v) is 6.33. The van der Waals surface area contributed by atoms with E-state index in [1.807, 2.05) is 0 Å².